The van der Waals surface area contributed by atoms with Crippen LogP contribution < -0.4 is 10.0 Å². The molecule has 25 heavy (non-hydrogen) atoms. The van der Waals surface area contributed by atoms with Gasteiger partial charge in [0.05, 0.1) is 11.9 Å². The molecule has 9 heteroatoms. The second-order valence-corrected chi connectivity index (χ2v) is 7.02. The van der Waals surface area contributed by atoms with Gasteiger partial charge in [0.25, 0.3) is 10.0 Å². The Bertz CT molecular complexity index is 934. The number of hydrogen-bond donors (Lipinski definition) is 2. The fraction of sp³-hybridized carbons (Fsp3) is 0.188. The van der Waals surface area contributed by atoms with Crippen LogP contribution >= 0.6 is 0 Å². The summed E-state index contributed by atoms with van der Waals surface area (Å²) in [6.45, 7) is 3.73. The van der Waals surface area contributed by atoms with Crippen LogP contribution in [0.25, 0.3) is 0 Å². The fourth-order valence-corrected chi connectivity index (χ4v) is 3.69. The number of hydrogen-bond acceptors (Lipinski definition) is 7. The van der Waals surface area contributed by atoms with Gasteiger partial charge in [-0.25, -0.2) is 13.4 Å². The first-order valence-electron chi connectivity index (χ1n) is 7.50. The molecular formula is C16H17N5O3S. The van der Waals surface area contributed by atoms with Gasteiger partial charge in [0.2, 0.25) is 0 Å². The molecule has 0 aromatic carbocycles. The lowest BCUT2D eigenvalue weighted by molar-refractivity contribution is 0.390. The molecule has 2 N–H and O–H groups in total. The number of anilines is 2. The van der Waals surface area contributed by atoms with Gasteiger partial charge in [-0.1, -0.05) is 5.16 Å². The van der Waals surface area contributed by atoms with E-state index in [1.165, 1.54) is 6.20 Å². The third-order valence-electron chi connectivity index (χ3n) is 3.48. The van der Waals surface area contributed by atoms with Crippen molar-refractivity contribution in [3.8, 4) is 0 Å². The normalized spacial score (nSPS) is 11.3. The van der Waals surface area contributed by atoms with Gasteiger partial charge in [-0.2, -0.15) is 0 Å². The van der Waals surface area contributed by atoms with Gasteiger partial charge < -0.3 is 9.84 Å². The molecule has 130 valence electrons. The zero-order valence-corrected chi connectivity index (χ0v) is 14.5. The van der Waals surface area contributed by atoms with Crippen LogP contribution in [0.2, 0.25) is 0 Å². The molecule has 0 aliphatic heterocycles. The Morgan fingerprint density at radius 2 is 1.88 bits per heavy atom. The lowest BCUT2D eigenvalue weighted by Gasteiger charge is -2.09. The first-order chi connectivity index (χ1) is 12.0. The maximum absolute atomic E-state index is 12.4. The third-order valence-corrected chi connectivity index (χ3v) is 5.10. The van der Waals surface area contributed by atoms with Gasteiger partial charge in [-0.05, 0) is 43.7 Å². The molecule has 8 nitrogen and oxygen atoms in total. The Hall–Kier alpha value is -2.94. The average molecular weight is 359 g/mol. The number of nitrogens with zero attached hydrogens (tertiary/aromatic N) is 3. The third kappa shape index (κ3) is 3.94. The molecule has 3 aromatic rings. The Morgan fingerprint density at radius 1 is 1.12 bits per heavy atom. The standard InChI is InChI=1S/C16H17N5O3S/c1-11-16(12(2)24-20-11)25(22,23)21-14-3-4-15(19-10-14)18-9-13-5-7-17-8-6-13/h3-8,10,21H,9H2,1-2H3,(H,18,19). The molecule has 3 heterocycles. The number of pyridine rings is 2. The van der Waals surface area contributed by atoms with E-state index in [-0.39, 0.29) is 10.7 Å². The number of nitrogens with one attached hydrogen (secondary N) is 2. The predicted molar refractivity (Wildman–Crippen MR) is 92.6 cm³/mol. The SMILES string of the molecule is Cc1noc(C)c1S(=O)(=O)Nc1ccc(NCc2ccncc2)nc1. The zero-order valence-electron chi connectivity index (χ0n) is 13.7. The fourth-order valence-electron chi connectivity index (χ4n) is 2.32. The van der Waals surface area contributed by atoms with Gasteiger partial charge >= 0.3 is 0 Å². The predicted octanol–water partition coefficient (Wildman–Crippen LogP) is 2.49. The smallest absolute Gasteiger partial charge is 0.267 e. The lowest BCUT2D eigenvalue weighted by atomic mass is 10.3. The van der Waals surface area contributed by atoms with Crippen molar-refractivity contribution in [3.05, 3.63) is 59.9 Å². The van der Waals surface area contributed by atoms with Crippen LogP contribution in [-0.4, -0.2) is 23.5 Å². The van der Waals surface area contributed by atoms with Crippen molar-refractivity contribution in [3.63, 3.8) is 0 Å². The minimum absolute atomic E-state index is 0.0485. The van der Waals surface area contributed by atoms with Crippen LogP contribution in [0.3, 0.4) is 0 Å². The van der Waals surface area contributed by atoms with E-state index in [9.17, 15) is 8.42 Å². The quantitative estimate of drug-likeness (QED) is 0.695. The zero-order chi connectivity index (χ0) is 17.9. The van der Waals surface area contributed by atoms with Crippen molar-refractivity contribution in [2.24, 2.45) is 0 Å². The van der Waals surface area contributed by atoms with E-state index in [0.29, 0.717) is 23.7 Å². The highest BCUT2D eigenvalue weighted by atomic mass is 32.2. The van der Waals surface area contributed by atoms with E-state index >= 15 is 0 Å². The maximum atomic E-state index is 12.4. The highest BCUT2D eigenvalue weighted by Gasteiger charge is 2.24. The molecule has 0 aliphatic carbocycles. The summed E-state index contributed by atoms with van der Waals surface area (Å²) in [6, 6.07) is 7.14. The molecule has 0 unspecified atom stereocenters. The summed E-state index contributed by atoms with van der Waals surface area (Å²) in [5, 5.41) is 6.82. The molecule has 0 radical (unpaired) electrons. The van der Waals surface area contributed by atoms with Crippen LogP contribution in [0.4, 0.5) is 11.5 Å². The molecule has 0 spiro atoms. The van der Waals surface area contributed by atoms with E-state index in [0.717, 1.165) is 5.56 Å². The molecule has 0 amide bonds. The molecule has 0 atom stereocenters. The van der Waals surface area contributed by atoms with Gasteiger partial charge in [0, 0.05) is 18.9 Å². The molecule has 0 bridgehead atoms. The van der Waals surface area contributed by atoms with Crippen molar-refractivity contribution >= 4 is 21.5 Å². The van der Waals surface area contributed by atoms with Crippen molar-refractivity contribution in [1.29, 1.82) is 0 Å². The second-order valence-electron chi connectivity index (χ2n) is 5.40. The van der Waals surface area contributed by atoms with E-state index in [1.807, 2.05) is 12.1 Å². The summed E-state index contributed by atoms with van der Waals surface area (Å²) in [5.74, 6) is 0.880. The van der Waals surface area contributed by atoms with Gasteiger partial charge in [0.1, 0.15) is 11.5 Å². The van der Waals surface area contributed by atoms with Crippen LogP contribution in [0.5, 0.6) is 0 Å². The first kappa shape index (κ1) is 16.9. The molecule has 0 saturated heterocycles. The van der Waals surface area contributed by atoms with Crippen molar-refractivity contribution < 1.29 is 12.9 Å². The number of rotatable bonds is 6. The van der Waals surface area contributed by atoms with E-state index in [2.05, 4.69) is 25.2 Å². The summed E-state index contributed by atoms with van der Waals surface area (Å²) in [5.41, 5.74) is 1.74. The number of aromatic nitrogens is 3. The van der Waals surface area contributed by atoms with Gasteiger partial charge in [-0.15, -0.1) is 0 Å². The Labute approximate surface area is 145 Å². The summed E-state index contributed by atoms with van der Waals surface area (Å²) in [4.78, 5) is 8.22. The highest BCUT2D eigenvalue weighted by Crippen LogP contribution is 2.22. The average Bonchev–Trinajstić information content (AvgIpc) is 2.94. The first-order valence-corrected chi connectivity index (χ1v) is 8.98. The minimum Gasteiger partial charge on any atom is -0.366 e. The Kier molecular flexibility index (Phi) is 4.66. The van der Waals surface area contributed by atoms with Gasteiger partial charge in [-0.3, -0.25) is 9.71 Å². The summed E-state index contributed by atoms with van der Waals surface area (Å²) >= 11 is 0. The molecule has 0 aliphatic rings. The van der Waals surface area contributed by atoms with Gasteiger partial charge in [0.15, 0.2) is 10.7 Å². The maximum Gasteiger partial charge on any atom is 0.267 e. The van der Waals surface area contributed by atoms with Crippen LogP contribution in [-0.2, 0) is 16.6 Å². The summed E-state index contributed by atoms with van der Waals surface area (Å²) < 4.78 is 32.3. The Morgan fingerprint density at radius 3 is 2.48 bits per heavy atom. The number of aryl methyl sites for hydroxylation is 2. The molecular weight excluding hydrogens is 342 g/mol. The second kappa shape index (κ2) is 6.89. The minimum atomic E-state index is -3.77. The monoisotopic (exact) mass is 359 g/mol. The topological polar surface area (TPSA) is 110 Å². The van der Waals surface area contributed by atoms with E-state index in [1.54, 1.807) is 38.4 Å². The van der Waals surface area contributed by atoms with Crippen molar-refractivity contribution in [2.45, 2.75) is 25.3 Å². The van der Waals surface area contributed by atoms with Crippen molar-refractivity contribution in [1.82, 2.24) is 15.1 Å². The molecule has 0 fully saturated rings. The largest absolute Gasteiger partial charge is 0.366 e. The van der Waals surface area contributed by atoms with E-state index < -0.39 is 10.0 Å². The summed E-state index contributed by atoms with van der Waals surface area (Å²) in [7, 11) is -3.77. The van der Waals surface area contributed by atoms with Crippen LogP contribution in [0.1, 0.15) is 17.0 Å². The molecule has 0 saturated carbocycles. The Balaban J connectivity index is 1.68. The van der Waals surface area contributed by atoms with Crippen LogP contribution in [0.15, 0.2) is 52.3 Å². The number of sulfonamides is 1. The van der Waals surface area contributed by atoms with Crippen LogP contribution in [0, 0.1) is 13.8 Å². The lowest BCUT2D eigenvalue weighted by Crippen LogP contribution is -2.14. The summed E-state index contributed by atoms with van der Waals surface area (Å²) in [6.07, 6.45) is 4.89. The van der Waals surface area contributed by atoms with Crippen molar-refractivity contribution in [2.75, 3.05) is 10.0 Å². The molecule has 3 rings (SSSR count). The highest BCUT2D eigenvalue weighted by molar-refractivity contribution is 7.92. The van der Waals surface area contributed by atoms with E-state index in [4.69, 9.17) is 4.52 Å². The molecule has 3 aromatic heterocycles.